The molecular formula is C42H70O4. The van der Waals surface area contributed by atoms with E-state index in [1.807, 2.05) is 12.2 Å². The molecule has 1 atom stereocenters. The number of carbonyl (C=O) groups is 1. The van der Waals surface area contributed by atoms with Crippen LogP contribution in [0.1, 0.15) is 149 Å². The van der Waals surface area contributed by atoms with Crippen LogP contribution in [0.4, 0.5) is 0 Å². The van der Waals surface area contributed by atoms with Gasteiger partial charge in [0.15, 0.2) is 0 Å². The number of esters is 1. The van der Waals surface area contributed by atoms with E-state index in [1.165, 1.54) is 77.0 Å². The molecule has 0 aromatic heterocycles. The largest absolute Gasteiger partial charge is 0.457 e. The third-order valence-electron chi connectivity index (χ3n) is 7.49. The molecule has 0 fully saturated rings. The summed E-state index contributed by atoms with van der Waals surface area (Å²) < 4.78 is 11.0. The van der Waals surface area contributed by atoms with Crippen molar-refractivity contribution in [2.24, 2.45) is 0 Å². The fourth-order valence-electron chi connectivity index (χ4n) is 4.73. The molecule has 0 amide bonds. The second-order valence-corrected chi connectivity index (χ2v) is 11.9. The Morgan fingerprint density at radius 1 is 0.543 bits per heavy atom. The van der Waals surface area contributed by atoms with Gasteiger partial charge >= 0.3 is 5.97 Å². The molecule has 0 saturated heterocycles. The molecular weight excluding hydrogens is 568 g/mol. The number of hydrogen-bond donors (Lipinski definition) is 1. The average molecular weight is 639 g/mol. The molecule has 0 radical (unpaired) electrons. The first-order valence-corrected chi connectivity index (χ1v) is 18.7. The molecule has 0 spiro atoms. The van der Waals surface area contributed by atoms with Crippen LogP contribution in [0.2, 0.25) is 0 Å². The Labute approximate surface area is 284 Å². The van der Waals surface area contributed by atoms with Crippen LogP contribution < -0.4 is 0 Å². The van der Waals surface area contributed by atoms with Gasteiger partial charge in [-0.1, -0.05) is 157 Å². The molecule has 0 aromatic carbocycles. The first-order valence-electron chi connectivity index (χ1n) is 18.7. The first-order chi connectivity index (χ1) is 22.7. The van der Waals surface area contributed by atoms with Crippen molar-refractivity contribution in [1.29, 1.82) is 0 Å². The molecule has 1 unspecified atom stereocenters. The lowest BCUT2D eigenvalue weighted by molar-refractivity contribution is -0.153. The van der Waals surface area contributed by atoms with Gasteiger partial charge < -0.3 is 14.6 Å². The zero-order valence-corrected chi connectivity index (χ0v) is 29.8. The Bertz CT molecular complexity index is 846. The maximum absolute atomic E-state index is 12.1. The molecule has 46 heavy (non-hydrogen) atoms. The van der Waals surface area contributed by atoms with Crippen LogP contribution in [0.15, 0.2) is 85.1 Å². The van der Waals surface area contributed by atoms with Crippen LogP contribution >= 0.6 is 0 Å². The van der Waals surface area contributed by atoms with Crippen molar-refractivity contribution in [1.82, 2.24) is 0 Å². The summed E-state index contributed by atoms with van der Waals surface area (Å²) in [6.45, 7) is 5.08. The fraction of sp³-hybridized carbons (Fsp3) is 0.643. The molecule has 0 saturated carbocycles. The van der Waals surface area contributed by atoms with Crippen LogP contribution in [0.5, 0.6) is 0 Å². The van der Waals surface area contributed by atoms with E-state index in [0.29, 0.717) is 6.61 Å². The number of ether oxygens (including phenoxy) is 2. The number of allylic oxidation sites excluding steroid dienone is 13. The lowest BCUT2D eigenvalue weighted by Crippen LogP contribution is -2.27. The second-order valence-electron chi connectivity index (χ2n) is 11.9. The lowest BCUT2D eigenvalue weighted by atomic mass is 10.1. The van der Waals surface area contributed by atoms with E-state index in [9.17, 15) is 9.90 Å². The van der Waals surface area contributed by atoms with Crippen LogP contribution in [0.25, 0.3) is 0 Å². The summed E-state index contributed by atoms with van der Waals surface area (Å²) >= 11 is 0. The smallest absolute Gasteiger partial charge is 0.310 e. The Kier molecular flexibility index (Phi) is 36.7. The van der Waals surface area contributed by atoms with E-state index >= 15 is 0 Å². The fourth-order valence-corrected chi connectivity index (χ4v) is 4.73. The lowest BCUT2D eigenvalue weighted by Gasteiger charge is -2.15. The van der Waals surface area contributed by atoms with E-state index in [0.717, 1.165) is 51.4 Å². The standard InChI is InChI=1S/C42H70O4/c1-3-5-7-9-11-13-15-17-19-20-21-22-24-26-28-30-32-34-36-38-45-40-41(39-43)46-42(44)37-35-33-31-29-27-25-23-18-16-14-12-10-8-6-4-2/h6,8,12-15,18-20,23,27,29,33,35,41,43H,3-5,7,9-11,16-17,21-22,24-26,28,30-32,34,36-40H2,1-2H3/b8-6-,14-12-,15-13-,20-19-,23-18-,29-27-,35-33-. The van der Waals surface area contributed by atoms with Gasteiger partial charge in [0.25, 0.3) is 0 Å². The van der Waals surface area contributed by atoms with Gasteiger partial charge in [0.2, 0.25) is 0 Å². The minimum atomic E-state index is -0.595. The highest BCUT2D eigenvalue weighted by Crippen LogP contribution is 2.11. The van der Waals surface area contributed by atoms with Crippen molar-refractivity contribution < 1.29 is 19.4 Å². The van der Waals surface area contributed by atoms with Crippen molar-refractivity contribution in [3.05, 3.63) is 85.1 Å². The Morgan fingerprint density at radius 2 is 0.978 bits per heavy atom. The van der Waals surface area contributed by atoms with Crippen molar-refractivity contribution in [2.75, 3.05) is 19.8 Å². The summed E-state index contributed by atoms with van der Waals surface area (Å²) in [4.78, 5) is 12.1. The number of aliphatic hydroxyl groups is 1. The van der Waals surface area contributed by atoms with Crippen molar-refractivity contribution in [3.8, 4) is 0 Å². The zero-order valence-electron chi connectivity index (χ0n) is 29.8. The summed E-state index contributed by atoms with van der Waals surface area (Å²) in [5.41, 5.74) is 0. The molecule has 0 heterocycles. The van der Waals surface area contributed by atoms with Gasteiger partial charge in [0.05, 0.1) is 19.6 Å². The molecule has 4 nitrogen and oxygen atoms in total. The molecule has 1 N–H and O–H groups in total. The van der Waals surface area contributed by atoms with Crippen molar-refractivity contribution in [2.45, 2.75) is 155 Å². The van der Waals surface area contributed by atoms with E-state index in [4.69, 9.17) is 9.47 Å². The summed E-state index contributed by atoms with van der Waals surface area (Å²) in [6, 6.07) is 0. The summed E-state index contributed by atoms with van der Waals surface area (Å²) in [7, 11) is 0. The van der Waals surface area contributed by atoms with Gasteiger partial charge in [-0.2, -0.15) is 0 Å². The molecule has 262 valence electrons. The van der Waals surface area contributed by atoms with Crippen molar-refractivity contribution >= 4 is 5.97 Å². The average Bonchev–Trinajstić information content (AvgIpc) is 3.06. The van der Waals surface area contributed by atoms with Gasteiger partial charge in [0.1, 0.15) is 6.10 Å². The highest BCUT2D eigenvalue weighted by molar-refractivity contribution is 5.71. The van der Waals surface area contributed by atoms with E-state index in [-0.39, 0.29) is 25.6 Å². The number of unbranched alkanes of at least 4 members (excludes halogenated alkanes) is 12. The number of hydrogen-bond acceptors (Lipinski definition) is 4. The molecule has 4 heteroatoms. The number of aliphatic hydroxyl groups excluding tert-OH is 1. The minimum Gasteiger partial charge on any atom is -0.457 e. The number of rotatable bonds is 33. The van der Waals surface area contributed by atoms with E-state index in [2.05, 4.69) is 86.8 Å². The van der Waals surface area contributed by atoms with Gasteiger partial charge in [0, 0.05) is 6.61 Å². The summed E-state index contributed by atoms with van der Waals surface area (Å²) in [5.74, 6) is -0.333. The topological polar surface area (TPSA) is 55.8 Å². The minimum absolute atomic E-state index is 0.206. The van der Waals surface area contributed by atoms with Gasteiger partial charge in [-0.15, -0.1) is 0 Å². The maximum atomic E-state index is 12.1. The zero-order chi connectivity index (χ0) is 33.4. The van der Waals surface area contributed by atoms with Gasteiger partial charge in [-0.25, -0.2) is 0 Å². The molecule has 0 aliphatic rings. The Morgan fingerprint density at radius 3 is 1.48 bits per heavy atom. The van der Waals surface area contributed by atoms with E-state index < -0.39 is 6.10 Å². The molecule has 0 aliphatic heterocycles. The highest BCUT2D eigenvalue weighted by atomic mass is 16.6. The van der Waals surface area contributed by atoms with E-state index in [1.54, 1.807) is 0 Å². The predicted molar refractivity (Wildman–Crippen MR) is 200 cm³/mol. The quantitative estimate of drug-likeness (QED) is 0.0441. The Balaban J connectivity index is 3.60. The Hall–Kier alpha value is -2.43. The first kappa shape index (κ1) is 43.6. The van der Waals surface area contributed by atoms with Gasteiger partial charge in [-0.05, 0) is 70.6 Å². The normalized spacial score (nSPS) is 13.4. The van der Waals surface area contributed by atoms with Crippen LogP contribution in [-0.2, 0) is 14.3 Å². The summed E-state index contributed by atoms with van der Waals surface area (Å²) in [6.07, 6.45) is 53.6. The number of carbonyl (C=O) groups excluding carboxylic acids is 1. The maximum Gasteiger partial charge on any atom is 0.310 e. The highest BCUT2D eigenvalue weighted by Gasteiger charge is 2.12. The molecule has 0 aromatic rings. The SMILES string of the molecule is CC/C=C\C/C=C\C/C=C\C/C=C\C/C=C\CC(=O)OC(CO)COCCCCCCCCCC/C=C\C/C=C\CCCCCC. The van der Waals surface area contributed by atoms with Crippen molar-refractivity contribution in [3.63, 3.8) is 0 Å². The van der Waals surface area contributed by atoms with Crippen LogP contribution in [0, 0.1) is 0 Å². The predicted octanol–water partition coefficient (Wildman–Crippen LogP) is 12.0. The second kappa shape index (κ2) is 38.8. The third-order valence-corrected chi connectivity index (χ3v) is 7.49. The molecule has 0 bridgehead atoms. The van der Waals surface area contributed by atoms with Crippen LogP contribution in [0.3, 0.4) is 0 Å². The molecule has 0 rings (SSSR count). The van der Waals surface area contributed by atoms with Gasteiger partial charge in [-0.3, -0.25) is 4.79 Å². The molecule has 0 aliphatic carbocycles. The third kappa shape index (κ3) is 36.0. The van der Waals surface area contributed by atoms with Crippen LogP contribution in [-0.4, -0.2) is 37.0 Å². The monoisotopic (exact) mass is 639 g/mol. The summed E-state index contributed by atoms with van der Waals surface area (Å²) in [5, 5.41) is 9.54.